The van der Waals surface area contributed by atoms with Crippen molar-refractivity contribution < 1.29 is 37.7 Å². The zero-order valence-electron chi connectivity index (χ0n) is 12.5. The second-order valence-electron chi connectivity index (χ2n) is 4.85. The van der Waals surface area contributed by atoms with Crippen molar-refractivity contribution in [3.05, 3.63) is 33.6 Å². The molecule has 1 amide bonds. The van der Waals surface area contributed by atoms with Gasteiger partial charge in [0.05, 0.1) is 18.2 Å². The number of carbonyl (C=O) groups excluding carboxylic acids is 1. The predicted molar refractivity (Wildman–Crippen MR) is 77.8 cm³/mol. The van der Waals surface area contributed by atoms with Crippen LogP contribution in [0.5, 0.6) is 11.5 Å². The first kappa shape index (κ1) is 18.1. The molecule has 0 fully saturated rings. The van der Waals surface area contributed by atoms with E-state index in [4.69, 9.17) is 9.84 Å². The Morgan fingerprint density at radius 1 is 1.32 bits per heavy atom. The van der Waals surface area contributed by atoms with Crippen LogP contribution >= 0.6 is 0 Å². The number of fused-ring (bicyclic) bond motifs is 1. The lowest BCUT2D eigenvalue weighted by Gasteiger charge is -2.14. The molecule has 0 aliphatic carbocycles. The van der Waals surface area contributed by atoms with Crippen LogP contribution in [-0.4, -0.2) is 40.7 Å². The number of alkyl halides is 3. The van der Waals surface area contributed by atoms with Gasteiger partial charge in [0.2, 0.25) is 0 Å². The van der Waals surface area contributed by atoms with Gasteiger partial charge in [-0.05, 0) is 12.1 Å². The fraction of sp³-hybridized carbons (Fsp3) is 0.214. The molecule has 0 spiro atoms. The van der Waals surface area contributed by atoms with Crippen molar-refractivity contribution in [3.63, 3.8) is 0 Å². The molecule has 2 rings (SSSR count). The van der Waals surface area contributed by atoms with Crippen LogP contribution in [0.2, 0.25) is 0 Å². The molecule has 0 aliphatic rings. The molecular formula is C14H11F3N2O6. The normalized spacial score (nSPS) is 11.4. The molecule has 11 heteroatoms. The van der Waals surface area contributed by atoms with Gasteiger partial charge in [-0.3, -0.25) is 14.4 Å². The second kappa shape index (κ2) is 6.34. The maximum absolute atomic E-state index is 13.0. The lowest BCUT2D eigenvalue weighted by molar-refractivity contribution is -0.138. The second-order valence-corrected chi connectivity index (χ2v) is 4.85. The molecule has 0 unspecified atom stereocenters. The number of aromatic nitrogens is 1. The van der Waals surface area contributed by atoms with Crippen LogP contribution in [0.4, 0.5) is 13.2 Å². The number of aliphatic carboxylic acids is 1. The number of aromatic amines is 1. The Balaban J connectivity index is 2.73. The van der Waals surface area contributed by atoms with Crippen molar-refractivity contribution in [2.45, 2.75) is 6.18 Å². The zero-order valence-corrected chi connectivity index (χ0v) is 12.5. The molecule has 1 aromatic carbocycles. The first-order chi connectivity index (χ1) is 11.6. The van der Waals surface area contributed by atoms with E-state index in [1.165, 1.54) is 0 Å². The van der Waals surface area contributed by atoms with E-state index in [0.717, 1.165) is 7.11 Å². The van der Waals surface area contributed by atoms with Crippen LogP contribution in [0, 0.1) is 0 Å². The van der Waals surface area contributed by atoms with Crippen LogP contribution in [-0.2, 0) is 11.0 Å². The number of ether oxygens (including phenoxy) is 1. The van der Waals surface area contributed by atoms with E-state index in [1.807, 2.05) is 5.32 Å². The third kappa shape index (κ3) is 3.49. The highest BCUT2D eigenvalue weighted by atomic mass is 19.4. The van der Waals surface area contributed by atoms with E-state index in [1.54, 1.807) is 0 Å². The summed E-state index contributed by atoms with van der Waals surface area (Å²) in [6, 6.07) is 1.17. The Bertz CT molecular complexity index is 919. The predicted octanol–water partition coefficient (Wildman–Crippen LogP) is 1.08. The molecule has 1 heterocycles. The average Bonchev–Trinajstić information content (AvgIpc) is 2.51. The van der Waals surface area contributed by atoms with Crippen LogP contribution in [0.25, 0.3) is 10.9 Å². The summed E-state index contributed by atoms with van der Waals surface area (Å²) in [5, 5.41) is 20.0. The fourth-order valence-electron chi connectivity index (χ4n) is 2.13. The maximum Gasteiger partial charge on any atom is 0.416 e. The number of carboxylic acid groups (broad SMARTS) is 1. The Kier molecular flexibility index (Phi) is 4.59. The summed E-state index contributed by atoms with van der Waals surface area (Å²) in [5.74, 6) is -4.05. The maximum atomic E-state index is 13.0. The quantitative estimate of drug-likeness (QED) is 0.646. The number of amides is 1. The number of hydrogen-bond acceptors (Lipinski definition) is 5. The lowest BCUT2D eigenvalue weighted by Crippen LogP contribution is -2.33. The van der Waals surface area contributed by atoms with Gasteiger partial charge in [0, 0.05) is 5.39 Å². The number of pyridine rings is 1. The topological polar surface area (TPSA) is 129 Å². The Morgan fingerprint density at radius 2 is 1.96 bits per heavy atom. The van der Waals surface area contributed by atoms with E-state index in [-0.39, 0.29) is 11.3 Å². The van der Waals surface area contributed by atoms with Crippen molar-refractivity contribution in [2.75, 3.05) is 13.7 Å². The first-order valence-electron chi connectivity index (χ1n) is 6.60. The number of carboxylic acids is 1. The van der Waals surface area contributed by atoms with E-state index in [0.29, 0.717) is 12.1 Å². The standard InChI is InChI=1S/C14H11F3N2O6/c1-25-7-3-5(14(15,16)17)2-6-10(7)19-13(24)9(11(6)22)12(23)18-4-8(20)21/h2-3H,4H2,1H3,(H,18,23)(H,20,21)(H2,19,22,24). The minimum absolute atomic E-state index is 0.243. The largest absolute Gasteiger partial charge is 0.506 e. The Morgan fingerprint density at radius 3 is 2.48 bits per heavy atom. The van der Waals surface area contributed by atoms with Gasteiger partial charge in [-0.2, -0.15) is 13.2 Å². The summed E-state index contributed by atoms with van der Waals surface area (Å²) < 4.78 is 43.7. The van der Waals surface area contributed by atoms with Crippen molar-refractivity contribution in [2.24, 2.45) is 0 Å². The van der Waals surface area contributed by atoms with Crippen LogP contribution < -0.4 is 15.6 Å². The van der Waals surface area contributed by atoms with Gasteiger partial charge in [0.15, 0.2) is 0 Å². The summed E-state index contributed by atoms with van der Waals surface area (Å²) in [4.78, 5) is 36.5. The highest BCUT2D eigenvalue weighted by Crippen LogP contribution is 2.38. The summed E-state index contributed by atoms with van der Waals surface area (Å²) in [6.07, 6.45) is -4.77. The summed E-state index contributed by atoms with van der Waals surface area (Å²) >= 11 is 0. The molecular weight excluding hydrogens is 349 g/mol. The highest BCUT2D eigenvalue weighted by Gasteiger charge is 2.33. The number of benzene rings is 1. The monoisotopic (exact) mass is 360 g/mol. The fourth-order valence-corrected chi connectivity index (χ4v) is 2.13. The summed E-state index contributed by atoms with van der Waals surface area (Å²) in [7, 11) is 1.07. The van der Waals surface area contributed by atoms with E-state index < -0.39 is 52.4 Å². The summed E-state index contributed by atoms with van der Waals surface area (Å²) in [6.45, 7) is -0.846. The van der Waals surface area contributed by atoms with Gasteiger partial charge < -0.3 is 25.3 Å². The van der Waals surface area contributed by atoms with Crippen molar-refractivity contribution in [3.8, 4) is 11.5 Å². The Labute approximate surface area is 136 Å². The molecule has 25 heavy (non-hydrogen) atoms. The zero-order chi connectivity index (χ0) is 18.9. The molecule has 0 saturated carbocycles. The molecule has 4 N–H and O–H groups in total. The molecule has 0 aliphatic heterocycles. The lowest BCUT2D eigenvalue weighted by atomic mass is 10.1. The highest BCUT2D eigenvalue weighted by molar-refractivity contribution is 6.04. The molecule has 8 nitrogen and oxygen atoms in total. The molecule has 2 aromatic rings. The van der Waals surface area contributed by atoms with Gasteiger partial charge in [0.1, 0.15) is 23.6 Å². The van der Waals surface area contributed by atoms with Crippen molar-refractivity contribution >= 4 is 22.8 Å². The van der Waals surface area contributed by atoms with E-state index >= 15 is 0 Å². The number of rotatable bonds is 4. The van der Waals surface area contributed by atoms with E-state index in [9.17, 15) is 32.7 Å². The molecule has 134 valence electrons. The van der Waals surface area contributed by atoms with Gasteiger partial charge >= 0.3 is 12.1 Å². The van der Waals surface area contributed by atoms with Gasteiger partial charge in [0.25, 0.3) is 11.5 Å². The molecule has 0 atom stereocenters. The van der Waals surface area contributed by atoms with Crippen molar-refractivity contribution in [1.29, 1.82) is 0 Å². The van der Waals surface area contributed by atoms with Crippen LogP contribution in [0.15, 0.2) is 16.9 Å². The molecule has 1 aromatic heterocycles. The number of methoxy groups -OCH3 is 1. The molecule has 0 radical (unpaired) electrons. The Hall–Kier alpha value is -3.24. The SMILES string of the molecule is COc1cc(C(F)(F)F)cc2c(O)c(C(=O)NCC(=O)O)c(=O)[nH]c12. The van der Waals surface area contributed by atoms with Crippen molar-refractivity contribution in [1.82, 2.24) is 10.3 Å². The average molecular weight is 360 g/mol. The van der Waals surface area contributed by atoms with Gasteiger partial charge in [-0.15, -0.1) is 0 Å². The number of H-pyrrole nitrogens is 1. The summed E-state index contributed by atoms with van der Waals surface area (Å²) in [5.41, 5.74) is -3.44. The number of carbonyl (C=O) groups is 2. The third-order valence-electron chi connectivity index (χ3n) is 3.23. The smallest absolute Gasteiger partial charge is 0.416 e. The minimum atomic E-state index is -4.77. The van der Waals surface area contributed by atoms with Crippen LogP contribution in [0.1, 0.15) is 15.9 Å². The number of halogens is 3. The van der Waals surface area contributed by atoms with Crippen LogP contribution in [0.3, 0.4) is 0 Å². The molecule has 0 saturated heterocycles. The number of nitrogens with one attached hydrogen (secondary N) is 2. The number of aromatic hydroxyl groups is 1. The first-order valence-corrected chi connectivity index (χ1v) is 6.60. The number of hydrogen-bond donors (Lipinski definition) is 4. The minimum Gasteiger partial charge on any atom is -0.506 e. The third-order valence-corrected chi connectivity index (χ3v) is 3.23. The van der Waals surface area contributed by atoms with E-state index in [2.05, 4.69) is 4.98 Å². The van der Waals surface area contributed by atoms with Gasteiger partial charge in [-0.1, -0.05) is 0 Å². The molecule has 0 bridgehead atoms. The van der Waals surface area contributed by atoms with Gasteiger partial charge in [-0.25, -0.2) is 0 Å².